The summed E-state index contributed by atoms with van der Waals surface area (Å²) in [6.07, 6.45) is 0.307. The highest BCUT2D eigenvalue weighted by molar-refractivity contribution is 7.89. The number of carbonyl (C=O) groups excluding carboxylic acids is 1. The van der Waals surface area contributed by atoms with Crippen LogP contribution >= 0.6 is 0 Å². The first-order chi connectivity index (χ1) is 9.32. The molecule has 1 saturated heterocycles. The minimum Gasteiger partial charge on any atom is -0.481 e. The predicted molar refractivity (Wildman–Crippen MR) is 70.9 cm³/mol. The van der Waals surface area contributed by atoms with Gasteiger partial charge in [-0.05, 0) is 25.5 Å². The summed E-state index contributed by atoms with van der Waals surface area (Å²) in [5, 5.41) is 8.92. The van der Waals surface area contributed by atoms with Crippen LogP contribution in [0.1, 0.15) is 23.7 Å². The molecule has 1 N–H and O–H groups in total. The number of aliphatic carboxylic acids is 1. The molecular weight excluding hydrogens is 282 g/mol. The Bertz CT molecular complexity index is 652. The molecule has 1 atom stereocenters. The van der Waals surface area contributed by atoms with Crippen molar-refractivity contribution < 1.29 is 23.1 Å². The number of hydrogen-bond acceptors (Lipinski definition) is 4. The lowest BCUT2D eigenvalue weighted by atomic mass is 10.1. The third-order valence-corrected chi connectivity index (χ3v) is 5.24. The smallest absolute Gasteiger partial charge is 0.307 e. The van der Waals surface area contributed by atoms with E-state index in [1.807, 2.05) is 0 Å². The van der Waals surface area contributed by atoms with E-state index in [0.29, 0.717) is 12.0 Å². The van der Waals surface area contributed by atoms with Crippen molar-refractivity contribution >= 4 is 21.8 Å². The van der Waals surface area contributed by atoms with E-state index in [4.69, 9.17) is 5.11 Å². The van der Waals surface area contributed by atoms with Crippen molar-refractivity contribution in [2.75, 3.05) is 13.1 Å². The number of benzene rings is 1. The molecule has 1 unspecified atom stereocenters. The molecule has 0 aromatic heterocycles. The Morgan fingerprint density at radius 3 is 2.60 bits per heavy atom. The van der Waals surface area contributed by atoms with E-state index >= 15 is 0 Å². The molecule has 20 heavy (non-hydrogen) atoms. The van der Waals surface area contributed by atoms with Crippen LogP contribution in [-0.2, 0) is 14.8 Å². The van der Waals surface area contributed by atoms with Crippen molar-refractivity contribution in [1.82, 2.24) is 4.31 Å². The van der Waals surface area contributed by atoms with Crippen LogP contribution in [0, 0.1) is 5.92 Å². The maximum atomic E-state index is 12.4. The second kappa shape index (κ2) is 5.34. The summed E-state index contributed by atoms with van der Waals surface area (Å²) < 4.78 is 26.0. The van der Waals surface area contributed by atoms with Crippen LogP contribution in [0.5, 0.6) is 0 Å². The van der Waals surface area contributed by atoms with Gasteiger partial charge in [0.2, 0.25) is 10.0 Å². The van der Waals surface area contributed by atoms with Crippen LogP contribution in [0.25, 0.3) is 0 Å². The number of rotatable bonds is 4. The van der Waals surface area contributed by atoms with Crippen LogP contribution < -0.4 is 0 Å². The van der Waals surface area contributed by atoms with Gasteiger partial charge in [0.1, 0.15) is 0 Å². The lowest BCUT2D eigenvalue weighted by Gasteiger charge is -2.16. The van der Waals surface area contributed by atoms with Gasteiger partial charge in [-0.1, -0.05) is 12.1 Å². The molecule has 1 aromatic carbocycles. The Kier molecular flexibility index (Phi) is 3.92. The molecule has 1 aliphatic heterocycles. The van der Waals surface area contributed by atoms with Crippen molar-refractivity contribution in [3.63, 3.8) is 0 Å². The molecule has 0 aliphatic carbocycles. The molecule has 6 nitrogen and oxygen atoms in total. The van der Waals surface area contributed by atoms with Crippen LogP contribution in [0.4, 0.5) is 0 Å². The number of sulfonamides is 1. The molecule has 7 heteroatoms. The molecule has 1 aliphatic rings. The molecule has 0 radical (unpaired) electrons. The summed E-state index contributed by atoms with van der Waals surface area (Å²) in [5.74, 6) is -1.87. The van der Waals surface area contributed by atoms with Gasteiger partial charge < -0.3 is 5.11 Å². The Balaban J connectivity index is 2.30. The zero-order valence-electron chi connectivity index (χ0n) is 10.9. The number of hydrogen-bond donors (Lipinski definition) is 1. The minimum absolute atomic E-state index is 0.0243. The van der Waals surface area contributed by atoms with Gasteiger partial charge in [-0.15, -0.1) is 0 Å². The van der Waals surface area contributed by atoms with Crippen molar-refractivity contribution in [3.05, 3.63) is 29.8 Å². The Labute approximate surface area is 117 Å². The maximum Gasteiger partial charge on any atom is 0.307 e. The van der Waals surface area contributed by atoms with E-state index in [9.17, 15) is 18.0 Å². The van der Waals surface area contributed by atoms with Gasteiger partial charge in [0.05, 0.1) is 10.8 Å². The summed E-state index contributed by atoms with van der Waals surface area (Å²) >= 11 is 0. The summed E-state index contributed by atoms with van der Waals surface area (Å²) in [5.41, 5.74) is 0.319. The Morgan fingerprint density at radius 1 is 1.35 bits per heavy atom. The molecule has 108 valence electrons. The topological polar surface area (TPSA) is 91.8 Å². The van der Waals surface area contributed by atoms with E-state index in [2.05, 4.69) is 0 Å². The average Bonchev–Trinajstić information content (AvgIpc) is 2.89. The third kappa shape index (κ3) is 2.73. The fourth-order valence-electron chi connectivity index (χ4n) is 2.17. The second-order valence-corrected chi connectivity index (χ2v) is 6.71. The van der Waals surface area contributed by atoms with Gasteiger partial charge in [0.15, 0.2) is 5.78 Å². The van der Waals surface area contributed by atoms with Gasteiger partial charge in [-0.25, -0.2) is 8.42 Å². The highest BCUT2D eigenvalue weighted by Crippen LogP contribution is 2.25. The molecule has 0 spiro atoms. The highest BCUT2D eigenvalue weighted by atomic mass is 32.2. The lowest BCUT2D eigenvalue weighted by molar-refractivity contribution is -0.141. The van der Waals surface area contributed by atoms with E-state index in [1.165, 1.54) is 25.1 Å². The van der Waals surface area contributed by atoms with Gasteiger partial charge in [-0.3, -0.25) is 9.59 Å². The fourth-order valence-corrected chi connectivity index (χ4v) is 3.72. The molecule has 1 aromatic rings. The van der Waals surface area contributed by atoms with E-state index in [1.54, 1.807) is 6.07 Å². The first kappa shape index (κ1) is 14.7. The van der Waals surface area contributed by atoms with Gasteiger partial charge in [0, 0.05) is 18.7 Å². The monoisotopic (exact) mass is 297 g/mol. The molecule has 1 fully saturated rings. The molecule has 0 bridgehead atoms. The average molecular weight is 297 g/mol. The molecular formula is C13H15NO5S. The van der Waals surface area contributed by atoms with Crippen molar-refractivity contribution in [1.29, 1.82) is 0 Å². The fraction of sp³-hybridized carbons (Fsp3) is 0.385. The number of Topliss-reactive ketones (excluding diaryl/α,β-unsaturated/α-hetero) is 1. The third-order valence-electron chi connectivity index (χ3n) is 3.38. The molecule has 1 heterocycles. The molecule has 0 amide bonds. The molecule has 2 rings (SSSR count). The zero-order valence-corrected chi connectivity index (χ0v) is 11.8. The van der Waals surface area contributed by atoms with Crippen molar-refractivity contribution in [3.8, 4) is 0 Å². The Morgan fingerprint density at radius 2 is 2.05 bits per heavy atom. The predicted octanol–water partition coefficient (Wildman–Crippen LogP) is 0.984. The van der Waals surface area contributed by atoms with Crippen LogP contribution in [0.2, 0.25) is 0 Å². The maximum absolute atomic E-state index is 12.4. The summed E-state index contributed by atoms with van der Waals surface area (Å²) in [4.78, 5) is 22.2. The Hall–Kier alpha value is -1.73. The molecule has 0 saturated carbocycles. The lowest BCUT2D eigenvalue weighted by Crippen LogP contribution is -2.30. The number of carbonyl (C=O) groups is 2. The first-order valence-corrected chi connectivity index (χ1v) is 7.60. The van der Waals surface area contributed by atoms with Crippen molar-refractivity contribution in [2.45, 2.75) is 18.2 Å². The number of carboxylic acid groups (broad SMARTS) is 1. The van der Waals surface area contributed by atoms with Crippen LogP contribution in [-0.4, -0.2) is 42.7 Å². The second-order valence-electron chi connectivity index (χ2n) is 4.77. The minimum atomic E-state index is -3.74. The van der Waals surface area contributed by atoms with E-state index in [-0.39, 0.29) is 23.8 Å². The van der Waals surface area contributed by atoms with E-state index < -0.39 is 21.9 Å². The SMILES string of the molecule is CC(=O)c1cccc(S(=O)(=O)N2CCC(C(=O)O)C2)c1. The summed E-state index contributed by atoms with van der Waals surface area (Å²) in [6, 6.07) is 5.79. The number of ketones is 1. The largest absolute Gasteiger partial charge is 0.481 e. The van der Waals surface area contributed by atoms with Crippen LogP contribution in [0.15, 0.2) is 29.2 Å². The summed E-state index contributed by atoms with van der Waals surface area (Å²) in [6.45, 7) is 1.52. The van der Waals surface area contributed by atoms with Gasteiger partial charge in [0.25, 0.3) is 0 Å². The number of nitrogens with zero attached hydrogens (tertiary/aromatic N) is 1. The van der Waals surface area contributed by atoms with E-state index in [0.717, 1.165) is 4.31 Å². The standard InChI is InChI=1S/C13H15NO5S/c1-9(15)10-3-2-4-12(7-10)20(18,19)14-6-5-11(8-14)13(16)17/h2-4,7,11H,5-6,8H2,1H3,(H,16,17). The first-order valence-electron chi connectivity index (χ1n) is 6.16. The quantitative estimate of drug-likeness (QED) is 0.837. The van der Waals surface area contributed by atoms with Crippen LogP contribution in [0.3, 0.4) is 0 Å². The van der Waals surface area contributed by atoms with Gasteiger partial charge in [-0.2, -0.15) is 4.31 Å². The normalized spacial score (nSPS) is 19.9. The highest BCUT2D eigenvalue weighted by Gasteiger charge is 2.35. The zero-order chi connectivity index (χ0) is 14.9. The summed E-state index contributed by atoms with van der Waals surface area (Å²) in [7, 11) is -3.74. The number of carboxylic acids is 1. The van der Waals surface area contributed by atoms with Crippen molar-refractivity contribution in [2.24, 2.45) is 5.92 Å². The van der Waals surface area contributed by atoms with Gasteiger partial charge >= 0.3 is 5.97 Å².